The number of ether oxygens (including phenoxy) is 1. The molecule has 0 aliphatic carbocycles. The first-order chi connectivity index (χ1) is 7.93. The van der Waals surface area contributed by atoms with Crippen molar-refractivity contribution in [3.8, 4) is 0 Å². The fraction of sp³-hybridized carbons (Fsp3) is 0.545. The Hall–Kier alpha value is -0.100. The molecule has 0 spiro atoms. The van der Waals surface area contributed by atoms with Gasteiger partial charge < -0.3 is 10.5 Å². The number of hydrogen-bond donors (Lipinski definition) is 1. The molecule has 2 unspecified atom stereocenters. The number of carbonyl (C=O) groups is 1. The summed E-state index contributed by atoms with van der Waals surface area (Å²) in [5.41, 5.74) is 6.07. The number of halogens is 2. The largest absolute Gasteiger partial charge is 0.469 e. The second-order valence-corrected chi connectivity index (χ2v) is 6.81. The molecule has 2 N–H and O–H groups in total. The van der Waals surface area contributed by atoms with Crippen molar-refractivity contribution in [2.45, 2.75) is 25.8 Å². The van der Waals surface area contributed by atoms with Crippen molar-refractivity contribution in [2.24, 2.45) is 11.7 Å². The Morgan fingerprint density at radius 2 is 2.35 bits per heavy atom. The highest BCUT2D eigenvalue weighted by molar-refractivity contribution is 9.11. The molecule has 0 fully saturated rings. The first kappa shape index (κ1) is 15.0. The summed E-state index contributed by atoms with van der Waals surface area (Å²) < 4.78 is 5.52. The van der Waals surface area contributed by atoms with Gasteiger partial charge in [-0.05, 0) is 34.3 Å². The smallest absolute Gasteiger partial charge is 0.305 e. The number of rotatable bonds is 5. The van der Waals surface area contributed by atoms with Crippen molar-refractivity contribution >= 4 is 44.8 Å². The van der Waals surface area contributed by atoms with Crippen LogP contribution in [-0.4, -0.2) is 13.1 Å². The van der Waals surface area contributed by atoms with E-state index in [9.17, 15) is 4.79 Å². The second-order valence-electron chi connectivity index (χ2n) is 4.00. The lowest BCUT2D eigenvalue weighted by molar-refractivity contribution is -0.141. The maximum atomic E-state index is 11.1. The molecule has 1 rings (SSSR count). The normalized spacial score (nSPS) is 14.4. The predicted octanol–water partition coefficient (Wildman–Crippen LogP) is 3.75. The van der Waals surface area contributed by atoms with E-state index < -0.39 is 0 Å². The van der Waals surface area contributed by atoms with E-state index in [0.29, 0.717) is 11.4 Å². The number of carbonyl (C=O) groups excluding carboxylic acids is 1. The number of esters is 1. The Balaban J connectivity index is 2.54. The summed E-state index contributed by atoms with van der Waals surface area (Å²) in [6.07, 6.45) is 1.13. The fourth-order valence-corrected chi connectivity index (χ4v) is 3.31. The van der Waals surface area contributed by atoms with E-state index in [1.165, 1.54) is 18.4 Å². The minimum atomic E-state index is -0.199. The Kier molecular flexibility index (Phi) is 5.92. The highest BCUT2D eigenvalue weighted by atomic mass is 79.9. The van der Waals surface area contributed by atoms with Crippen molar-refractivity contribution in [3.05, 3.63) is 19.8 Å². The predicted molar refractivity (Wildman–Crippen MR) is 74.4 cm³/mol. The highest BCUT2D eigenvalue weighted by Crippen LogP contribution is 2.36. The minimum absolute atomic E-state index is 0.0940. The Morgan fingerprint density at radius 1 is 1.71 bits per heavy atom. The lowest BCUT2D eigenvalue weighted by Gasteiger charge is -2.14. The van der Waals surface area contributed by atoms with E-state index in [4.69, 9.17) is 17.3 Å². The molecule has 0 bridgehead atoms. The first-order valence-electron chi connectivity index (χ1n) is 5.21. The third-order valence-corrected chi connectivity index (χ3v) is 5.04. The van der Waals surface area contributed by atoms with Gasteiger partial charge in [0.05, 0.1) is 15.9 Å². The Labute approximate surface area is 118 Å². The summed E-state index contributed by atoms with van der Waals surface area (Å²) in [5, 5.41) is 0.682. The van der Waals surface area contributed by atoms with Crippen LogP contribution in [0.15, 0.2) is 9.85 Å². The van der Waals surface area contributed by atoms with E-state index in [-0.39, 0.29) is 17.9 Å². The molecule has 0 aliphatic rings. The summed E-state index contributed by atoms with van der Waals surface area (Å²) >= 11 is 10.8. The van der Waals surface area contributed by atoms with Crippen molar-refractivity contribution in [1.29, 1.82) is 0 Å². The van der Waals surface area contributed by atoms with Crippen LogP contribution < -0.4 is 5.73 Å². The zero-order valence-corrected chi connectivity index (χ0v) is 12.9. The quantitative estimate of drug-likeness (QED) is 0.830. The molecule has 0 aliphatic heterocycles. The maximum absolute atomic E-state index is 11.1. The first-order valence-corrected chi connectivity index (χ1v) is 7.20. The van der Waals surface area contributed by atoms with Crippen LogP contribution in [0.3, 0.4) is 0 Å². The zero-order chi connectivity index (χ0) is 13.0. The van der Waals surface area contributed by atoms with Gasteiger partial charge in [0.1, 0.15) is 0 Å². The van der Waals surface area contributed by atoms with Crippen LogP contribution in [-0.2, 0) is 9.53 Å². The molecule has 3 nitrogen and oxygen atoms in total. The molecule has 1 aromatic heterocycles. The summed E-state index contributed by atoms with van der Waals surface area (Å²) in [5.74, 6) is -0.00723. The molecule has 6 heteroatoms. The fourth-order valence-electron chi connectivity index (χ4n) is 1.55. The van der Waals surface area contributed by atoms with Gasteiger partial charge in [-0.1, -0.05) is 18.5 Å². The van der Waals surface area contributed by atoms with E-state index in [1.807, 2.05) is 13.0 Å². The maximum Gasteiger partial charge on any atom is 0.305 e. The van der Waals surface area contributed by atoms with Crippen LogP contribution in [0.4, 0.5) is 0 Å². The summed E-state index contributed by atoms with van der Waals surface area (Å²) in [7, 11) is 1.39. The molecule has 0 radical (unpaired) electrons. The standard InChI is InChI=1S/C11H15BrClNO2S/c1-6(4-10(15)16-2)3-8(14)9-5-7(13)11(12)17-9/h5-6,8H,3-4,14H2,1-2H3. The lowest BCUT2D eigenvalue weighted by Crippen LogP contribution is -2.15. The van der Waals surface area contributed by atoms with Crippen LogP contribution in [0.5, 0.6) is 0 Å². The van der Waals surface area contributed by atoms with Crippen molar-refractivity contribution in [1.82, 2.24) is 0 Å². The highest BCUT2D eigenvalue weighted by Gasteiger charge is 2.17. The molecule has 0 saturated heterocycles. The minimum Gasteiger partial charge on any atom is -0.469 e. The molecule has 2 atom stereocenters. The number of nitrogens with two attached hydrogens (primary N) is 1. The van der Waals surface area contributed by atoms with E-state index in [0.717, 1.165) is 15.1 Å². The Bertz CT molecular complexity index is 377. The topological polar surface area (TPSA) is 52.3 Å². The van der Waals surface area contributed by atoms with Crippen LogP contribution in [0.25, 0.3) is 0 Å². The van der Waals surface area contributed by atoms with Gasteiger partial charge in [0.25, 0.3) is 0 Å². The average molecular weight is 341 g/mol. The Morgan fingerprint density at radius 3 is 2.82 bits per heavy atom. The van der Waals surface area contributed by atoms with E-state index in [1.54, 1.807) is 0 Å². The summed E-state index contributed by atoms with van der Waals surface area (Å²) in [4.78, 5) is 12.1. The van der Waals surface area contributed by atoms with Gasteiger partial charge >= 0.3 is 5.97 Å². The summed E-state index contributed by atoms with van der Waals surface area (Å²) in [6.45, 7) is 1.99. The monoisotopic (exact) mass is 339 g/mol. The van der Waals surface area contributed by atoms with Crippen LogP contribution in [0, 0.1) is 5.92 Å². The number of methoxy groups -OCH3 is 1. The third kappa shape index (κ3) is 4.58. The van der Waals surface area contributed by atoms with E-state index >= 15 is 0 Å². The second kappa shape index (κ2) is 6.73. The molecule has 1 heterocycles. The molecule has 0 aromatic carbocycles. The summed E-state index contributed by atoms with van der Waals surface area (Å²) in [6, 6.07) is 1.77. The molecular weight excluding hydrogens is 326 g/mol. The van der Waals surface area contributed by atoms with Gasteiger partial charge in [0.2, 0.25) is 0 Å². The van der Waals surface area contributed by atoms with Gasteiger partial charge in [-0.2, -0.15) is 0 Å². The van der Waals surface area contributed by atoms with Crippen molar-refractivity contribution < 1.29 is 9.53 Å². The van der Waals surface area contributed by atoms with Gasteiger partial charge in [0.15, 0.2) is 0 Å². The molecule has 96 valence electrons. The van der Waals surface area contributed by atoms with Gasteiger partial charge in [-0.15, -0.1) is 11.3 Å². The van der Waals surface area contributed by atoms with Crippen LogP contribution >= 0.6 is 38.9 Å². The van der Waals surface area contributed by atoms with Gasteiger partial charge in [-0.25, -0.2) is 0 Å². The molecule has 17 heavy (non-hydrogen) atoms. The molecule has 0 amide bonds. The van der Waals surface area contributed by atoms with Crippen molar-refractivity contribution in [2.75, 3.05) is 7.11 Å². The SMILES string of the molecule is COC(=O)CC(C)CC(N)c1cc(Cl)c(Br)s1. The number of hydrogen-bond acceptors (Lipinski definition) is 4. The lowest BCUT2D eigenvalue weighted by atomic mass is 9.98. The molecule has 1 aromatic rings. The van der Waals surface area contributed by atoms with Crippen molar-refractivity contribution in [3.63, 3.8) is 0 Å². The van der Waals surface area contributed by atoms with Gasteiger partial charge in [-0.3, -0.25) is 4.79 Å². The molecule has 0 saturated carbocycles. The number of thiophene rings is 1. The van der Waals surface area contributed by atoms with Crippen LogP contribution in [0.1, 0.15) is 30.7 Å². The van der Waals surface area contributed by atoms with Crippen LogP contribution in [0.2, 0.25) is 5.02 Å². The third-order valence-electron chi connectivity index (χ3n) is 2.43. The van der Waals surface area contributed by atoms with E-state index in [2.05, 4.69) is 20.7 Å². The average Bonchev–Trinajstić information content (AvgIpc) is 2.59. The van der Waals surface area contributed by atoms with Gasteiger partial charge in [0, 0.05) is 17.3 Å². The zero-order valence-electron chi connectivity index (χ0n) is 9.70. The molecular formula is C11H15BrClNO2S.